The zero-order valence-electron chi connectivity index (χ0n) is 10.6. The highest BCUT2D eigenvalue weighted by Gasteiger charge is 2.14. The van der Waals surface area contributed by atoms with Crippen molar-refractivity contribution in [1.29, 1.82) is 0 Å². The Kier molecular flexibility index (Phi) is 2.60. The van der Waals surface area contributed by atoms with E-state index in [2.05, 4.69) is 74.0 Å². The van der Waals surface area contributed by atoms with Gasteiger partial charge in [-0.3, -0.25) is 4.98 Å². The molecular formula is C17H11BrN2. The topological polar surface area (TPSA) is 17.8 Å². The lowest BCUT2D eigenvalue weighted by Gasteiger charge is -2.07. The summed E-state index contributed by atoms with van der Waals surface area (Å²) in [5.74, 6) is 0. The van der Waals surface area contributed by atoms with Gasteiger partial charge in [0.2, 0.25) is 0 Å². The van der Waals surface area contributed by atoms with Crippen LogP contribution in [-0.4, -0.2) is 9.55 Å². The Morgan fingerprint density at radius 3 is 2.45 bits per heavy atom. The van der Waals surface area contributed by atoms with Crippen molar-refractivity contribution in [1.82, 2.24) is 9.55 Å². The second kappa shape index (κ2) is 4.46. The first-order valence-electron chi connectivity index (χ1n) is 6.45. The van der Waals surface area contributed by atoms with Crippen molar-refractivity contribution >= 4 is 37.9 Å². The Labute approximate surface area is 124 Å². The molecule has 0 aliphatic rings. The fourth-order valence-electron chi connectivity index (χ4n) is 2.67. The van der Waals surface area contributed by atoms with Gasteiger partial charge >= 0.3 is 0 Å². The zero-order chi connectivity index (χ0) is 13.5. The molecule has 0 aliphatic carbocycles. The molecule has 2 nitrogen and oxygen atoms in total. The van der Waals surface area contributed by atoms with Gasteiger partial charge < -0.3 is 4.57 Å². The Hall–Kier alpha value is -2.13. The summed E-state index contributed by atoms with van der Waals surface area (Å²) < 4.78 is 3.31. The van der Waals surface area contributed by atoms with Gasteiger partial charge in [0.05, 0.1) is 16.6 Å². The monoisotopic (exact) mass is 322 g/mol. The van der Waals surface area contributed by atoms with Gasteiger partial charge in [-0.1, -0.05) is 36.4 Å². The van der Waals surface area contributed by atoms with E-state index >= 15 is 0 Å². The molecule has 0 spiro atoms. The Morgan fingerprint density at radius 2 is 1.60 bits per heavy atom. The molecule has 3 heteroatoms. The molecule has 20 heavy (non-hydrogen) atoms. The Morgan fingerprint density at radius 1 is 0.850 bits per heavy atom. The van der Waals surface area contributed by atoms with E-state index in [1.165, 1.54) is 10.9 Å². The van der Waals surface area contributed by atoms with Gasteiger partial charge in [-0.25, -0.2) is 0 Å². The van der Waals surface area contributed by atoms with E-state index in [0.29, 0.717) is 0 Å². The van der Waals surface area contributed by atoms with Crippen LogP contribution in [0.25, 0.3) is 27.6 Å². The second-order valence-corrected chi connectivity index (χ2v) is 5.53. The van der Waals surface area contributed by atoms with E-state index < -0.39 is 0 Å². The lowest BCUT2D eigenvalue weighted by molar-refractivity contribution is 1.17. The number of halogens is 1. The van der Waals surface area contributed by atoms with Crippen molar-refractivity contribution in [2.75, 3.05) is 0 Å². The quantitative estimate of drug-likeness (QED) is 0.485. The first-order chi connectivity index (χ1) is 9.86. The predicted molar refractivity (Wildman–Crippen MR) is 86.3 cm³/mol. The van der Waals surface area contributed by atoms with Crippen LogP contribution in [0, 0.1) is 0 Å². The summed E-state index contributed by atoms with van der Waals surface area (Å²) in [5.41, 5.74) is 4.46. The fourth-order valence-corrected chi connectivity index (χ4v) is 3.16. The lowest BCUT2D eigenvalue weighted by atomic mass is 10.2. The highest BCUT2D eigenvalue weighted by Crippen LogP contribution is 2.34. The van der Waals surface area contributed by atoms with Crippen molar-refractivity contribution in [2.45, 2.75) is 0 Å². The summed E-state index contributed by atoms with van der Waals surface area (Å²) in [4.78, 5) is 4.57. The normalized spacial score (nSPS) is 11.2. The summed E-state index contributed by atoms with van der Waals surface area (Å²) in [6.45, 7) is 0. The molecule has 2 heterocycles. The molecule has 2 aromatic carbocycles. The van der Waals surface area contributed by atoms with Crippen LogP contribution in [0.4, 0.5) is 0 Å². The smallest absolute Gasteiger partial charge is 0.0975 e. The molecule has 0 aliphatic heterocycles. The number of nitrogens with zero attached hydrogens (tertiary/aromatic N) is 2. The van der Waals surface area contributed by atoms with Crippen LogP contribution in [-0.2, 0) is 0 Å². The highest BCUT2D eigenvalue weighted by atomic mass is 79.9. The van der Waals surface area contributed by atoms with Crippen LogP contribution >= 0.6 is 15.9 Å². The molecule has 0 bridgehead atoms. The highest BCUT2D eigenvalue weighted by molar-refractivity contribution is 9.10. The van der Waals surface area contributed by atoms with Gasteiger partial charge in [0.15, 0.2) is 0 Å². The van der Waals surface area contributed by atoms with E-state index in [-0.39, 0.29) is 0 Å². The maximum absolute atomic E-state index is 4.57. The summed E-state index contributed by atoms with van der Waals surface area (Å²) in [7, 11) is 0. The lowest BCUT2D eigenvalue weighted by Crippen LogP contribution is -1.93. The predicted octanol–water partition coefficient (Wildman–Crippen LogP) is 4.94. The van der Waals surface area contributed by atoms with E-state index in [4.69, 9.17) is 0 Å². The minimum absolute atomic E-state index is 1.03. The zero-order valence-corrected chi connectivity index (χ0v) is 12.2. The minimum Gasteiger partial charge on any atom is -0.307 e. The number of para-hydroxylation sites is 2. The van der Waals surface area contributed by atoms with Gasteiger partial charge in [-0.15, -0.1) is 0 Å². The van der Waals surface area contributed by atoms with Crippen molar-refractivity contribution in [3.63, 3.8) is 0 Å². The number of fused-ring (bicyclic) bond motifs is 3. The van der Waals surface area contributed by atoms with Crippen LogP contribution in [0.1, 0.15) is 0 Å². The summed E-state index contributed by atoms with van der Waals surface area (Å²) >= 11 is 3.66. The third-order valence-electron chi connectivity index (χ3n) is 3.51. The van der Waals surface area contributed by atoms with Crippen molar-refractivity contribution in [3.8, 4) is 5.69 Å². The number of benzene rings is 2. The fraction of sp³-hybridized carbons (Fsp3) is 0. The number of pyridine rings is 1. The van der Waals surface area contributed by atoms with Crippen LogP contribution < -0.4 is 0 Å². The Bertz CT molecular complexity index is 910. The minimum atomic E-state index is 1.03. The molecule has 2 aromatic heterocycles. The number of rotatable bonds is 1. The van der Waals surface area contributed by atoms with Gasteiger partial charge in [-0.05, 0) is 40.2 Å². The molecule has 0 N–H and O–H groups in total. The van der Waals surface area contributed by atoms with E-state index in [1.807, 2.05) is 18.3 Å². The van der Waals surface area contributed by atoms with Crippen LogP contribution in [0.5, 0.6) is 0 Å². The molecule has 0 fully saturated rings. The third-order valence-corrected chi connectivity index (χ3v) is 4.15. The van der Waals surface area contributed by atoms with Crippen LogP contribution in [0.3, 0.4) is 0 Å². The van der Waals surface area contributed by atoms with E-state index in [9.17, 15) is 0 Å². The van der Waals surface area contributed by atoms with E-state index in [1.54, 1.807) is 0 Å². The first-order valence-corrected chi connectivity index (χ1v) is 7.24. The van der Waals surface area contributed by atoms with Crippen LogP contribution in [0.15, 0.2) is 71.3 Å². The summed E-state index contributed by atoms with van der Waals surface area (Å²) in [5, 5.41) is 1.17. The molecular weight excluding hydrogens is 312 g/mol. The molecule has 0 saturated carbocycles. The van der Waals surface area contributed by atoms with E-state index in [0.717, 1.165) is 21.2 Å². The second-order valence-electron chi connectivity index (χ2n) is 4.68. The molecule has 0 amide bonds. The van der Waals surface area contributed by atoms with Crippen molar-refractivity contribution in [3.05, 3.63) is 71.3 Å². The largest absolute Gasteiger partial charge is 0.307 e. The van der Waals surface area contributed by atoms with Crippen LogP contribution in [0.2, 0.25) is 0 Å². The summed E-state index contributed by atoms with van der Waals surface area (Å²) in [6, 6.07) is 20.7. The maximum atomic E-state index is 4.57. The molecule has 0 radical (unpaired) electrons. The average molecular weight is 323 g/mol. The average Bonchev–Trinajstić information content (AvgIpc) is 2.84. The maximum Gasteiger partial charge on any atom is 0.0975 e. The third kappa shape index (κ3) is 1.60. The number of hydrogen-bond donors (Lipinski definition) is 0. The molecule has 4 aromatic rings. The molecule has 96 valence electrons. The standard InChI is InChI=1S/C17H11BrN2/c18-14-10-11-19-16-13-8-4-5-9-15(13)20(17(14)16)12-6-2-1-3-7-12/h1-11H. The molecule has 4 rings (SSSR count). The van der Waals surface area contributed by atoms with Gasteiger partial charge in [-0.2, -0.15) is 0 Å². The summed E-state index contributed by atoms with van der Waals surface area (Å²) in [6.07, 6.45) is 1.84. The molecule has 0 saturated heterocycles. The van der Waals surface area contributed by atoms with Gasteiger partial charge in [0.1, 0.15) is 0 Å². The van der Waals surface area contributed by atoms with Gasteiger partial charge in [0.25, 0.3) is 0 Å². The molecule has 0 unspecified atom stereocenters. The van der Waals surface area contributed by atoms with Gasteiger partial charge in [0, 0.05) is 21.7 Å². The number of aromatic nitrogens is 2. The first kappa shape index (κ1) is 11.7. The molecule has 0 atom stereocenters. The van der Waals surface area contributed by atoms with Crippen molar-refractivity contribution < 1.29 is 0 Å². The number of hydrogen-bond acceptors (Lipinski definition) is 1. The van der Waals surface area contributed by atoms with Crippen molar-refractivity contribution in [2.24, 2.45) is 0 Å². The Balaban J connectivity index is 2.27. The SMILES string of the molecule is Brc1ccnc2c3ccccc3n(-c3ccccc3)c12.